The maximum absolute atomic E-state index is 10.9. The van der Waals surface area contributed by atoms with Gasteiger partial charge in [-0.25, -0.2) is 0 Å². The molecule has 1 heterocycles. The maximum Gasteiger partial charge on any atom is 0.306 e. The SMILES string of the molecule is CCCc1ccc(-c2nc(-c3ccc(CNC4CC(C(=O)O)C4)cc3)no2)cc1. The molecule has 3 aromatic rings. The summed E-state index contributed by atoms with van der Waals surface area (Å²) in [5.41, 5.74) is 4.27. The monoisotopic (exact) mass is 391 g/mol. The van der Waals surface area contributed by atoms with Crippen molar-refractivity contribution in [3.05, 3.63) is 59.7 Å². The third kappa shape index (κ3) is 4.54. The number of carboxylic acids is 1. The van der Waals surface area contributed by atoms with Gasteiger partial charge in [0.15, 0.2) is 0 Å². The van der Waals surface area contributed by atoms with Crippen LogP contribution in [0.3, 0.4) is 0 Å². The summed E-state index contributed by atoms with van der Waals surface area (Å²) in [6.07, 6.45) is 3.60. The van der Waals surface area contributed by atoms with Crippen LogP contribution in [0.5, 0.6) is 0 Å². The van der Waals surface area contributed by atoms with Crippen LogP contribution >= 0.6 is 0 Å². The van der Waals surface area contributed by atoms with E-state index < -0.39 is 5.97 Å². The second kappa shape index (κ2) is 8.57. The van der Waals surface area contributed by atoms with Gasteiger partial charge in [-0.3, -0.25) is 4.79 Å². The van der Waals surface area contributed by atoms with E-state index in [1.165, 1.54) is 5.56 Å². The van der Waals surface area contributed by atoms with Gasteiger partial charge < -0.3 is 14.9 Å². The highest BCUT2D eigenvalue weighted by Gasteiger charge is 2.33. The predicted octanol–water partition coefficient (Wildman–Crippen LogP) is 4.31. The van der Waals surface area contributed by atoms with E-state index in [4.69, 9.17) is 9.63 Å². The smallest absolute Gasteiger partial charge is 0.306 e. The highest BCUT2D eigenvalue weighted by Crippen LogP contribution is 2.28. The van der Waals surface area contributed by atoms with Crippen LogP contribution in [0.25, 0.3) is 22.8 Å². The summed E-state index contributed by atoms with van der Waals surface area (Å²) in [6, 6.07) is 16.6. The van der Waals surface area contributed by atoms with Crippen molar-refractivity contribution < 1.29 is 14.4 Å². The second-order valence-corrected chi connectivity index (χ2v) is 7.65. The first-order valence-corrected chi connectivity index (χ1v) is 10.1. The van der Waals surface area contributed by atoms with Gasteiger partial charge in [0.25, 0.3) is 5.89 Å². The Hall–Kier alpha value is -2.99. The molecule has 1 aromatic heterocycles. The summed E-state index contributed by atoms with van der Waals surface area (Å²) in [5, 5.41) is 16.5. The lowest BCUT2D eigenvalue weighted by Crippen LogP contribution is -2.43. The lowest BCUT2D eigenvalue weighted by atomic mass is 9.80. The van der Waals surface area contributed by atoms with Crippen LogP contribution in [0, 0.1) is 5.92 Å². The molecule has 0 amide bonds. The molecule has 0 unspecified atom stereocenters. The summed E-state index contributed by atoms with van der Waals surface area (Å²) >= 11 is 0. The Morgan fingerprint density at radius 1 is 1.07 bits per heavy atom. The number of benzene rings is 2. The Morgan fingerprint density at radius 2 is 1.72 bits per heavy atom. The van der Waals surface area contributed by atoms with Crippen molar-refractivity contribution in [3.8, 4) is 22.8 Å². The topological polar surface area (TPSA) is 88.2 Å². The van der Waals surface area contributed by atoms with Crippen LogP contribution in [0.2, 0.25) is 0 Å². The quantitative estimate of drug-likeness (QED) is 0.595. The normalized spacial score (nSPS) is 18.4. The maximum atomic E-state index is 10.9. The van der Waals surface area contributed by atoms with Crippen LogP contribution in [0.15, 0.2) is 53.1 Å². The molecule has 6 nitrogen and oxygen atoms in total. The molecule has 0 atom stereocenters. The van der Waals surface area contributed by atoms with Gasteiger partial charge in [0.2, 0.25) is 5.82 Å². The lowest BCUT2D eigenvalue weighted by Gasteiger charge is -2.33. The molecule has 1 saturated carbocycles. The molecule has 2 N–H and O–H groups in total. The van der Waals surface area contributed by atoms with Crippen LogP contribution in [-0.4, -0.2) is 27.3 Å². The third-order valence-electron chi connectivity index (χ3n) is 5.46. The molecule has 1 aliphatic rings. The van der Waals surface area contributed by atoms with E-state index in [1.54, 1.807) is 0 Å². The molecule has 6 heteroatoms. The van der Waals surface area contributed by atoms with Gasteiger partial charge in [0, 0.05) is 23.7 Å². The first-order valence-electron chi connectivity index (χ1n) is 10.1. The van der Waals surface area contributed by atoms with E-state index in [-0.39, 0.29) is 5.92 Å². The Bertz CT molecular complexity index is 958. The first kappa shape index (κ1) is 19.3. The fourth-order valence-corrected chi connectivity index (χ4v) is 3.58. The van der Waals surface area contributed by atoms with Crippen LogP contribution < -0.4 is 5.32 Å². The van der Waals surface area contributed by atoms with Gasteiger partial charge in [-0.1, -0.05) is 54.9 Å². The van der Waals surface area contributed by atoms with Crippen LogP contribution in [0.4, 0.5) is 0 Å². The zero-order chi connectivity index (χ0) is 20.2. The Morgan fingerprint density at radius 3 is 2.38 bits per heavy atom. The number of nitrogens with one attached hydrogen (secondary N) is 1. The van der Waals surface area contributed by atoms with Crippen molar-refractivity contribution in [1.29, 1.82) is 0 Å². The molecule has 2 aromatic carbocycles. The van der Waals surface area contributed by atoms with Gasteiger partial charge >= 0.3 is 5.97 Å². The molecule has 4 rings (SSSR count). The minimum atomic E-state index is -0.691. The first-order chi connectivity index (χ1) is 14.1. The van der Waals surface area contributed by atoms with E-state index in [0.29, 0.717) is 30.6 Å². The van der Waals surface area contributed by atoms with Crippen LogP contribution in [-0.2, 0) is 17.8 Å². The van der Waals surface area contributed by atoms with Crippen molar-refractivity contribution in [2.75, 3.05) is 0 Å². The minimum absolute atomic E-state index is 0.190. The number of nitrogens with zero attached hydrogens (tertiary/aromatic N) is 2. The number of aryl methyl sites for hydroxylation is 1. The van der Waals surface area contributed by atoms with Gasteiger partial charge in [-0.2, -0.15) is 4.98 Å². The van der Waals surface area contributed by atoms with Gasteiger partial charge in [-0.05, 0) is 42.5 Å². The fourth-order valence-electron chi connectivity index (χ4n) is 3.58. The molecule has 0 bridgehead atoms. The summed E-state index contributed by atoms with van der Waals surface area (Å²) in [5.74, 6) is 0.209. The van der Waals surface area contributed by atoms with Crippen molar-refractivity contribution >= 4 is 5.97 Å². The highest BCUT2D eigenvalue weighted by molar-refractivity contribution is 5.71. The molecular formula is C23H25N3O3. The van der Waals surface area contributed by atoms with Crippen molar-refractivity contribution in [2.45, 2.75) is 45.2 Å². The summed E-state index contributed by atoms with van der Waals surface area (Å²) in [7, 11) is 0. The number of carboxylic acid groups (broad SMARTS) is 1. The molecule has 0 aliphatic heterocycles. The summed E-state index contributed by atoms with van der Waals surface area (Å²) < 4.78 is 5.44. The average Bonchev–Trinajstić information content (AvgIpc) is 3.18. The predicted molar refractivity (Wildman–Crippen MR) is 110 cm³/mol. The largest absolute Gasteiger partial charge is 0.481 e. The third-order valence-corrected chi connectivity index (χ3v) is 5.46. The van der Waals surface area contributed by atoms with E-state index in [1.807, 2.05) is 36.4 Å². The fraction of sp³-hybridized carbons (Fsp3) is 0.348. The molecule has 1 fully saturated rings. The molecule has 0 radical (unpaired) electrons. The number of hydrogen-bond donors (Lipinski definition) is 2. The highest BCUT2D eigenvalue weighted by atomic mass is 16.5. The van der Waals surface area contributed by atoms with Crippen molar-refractivity contribution in [1.82, 2.24) is 15.5 Å². The van der Waals surface area contributed by atoms with E-state index >= 15 is 0 Å². The molecule has 150 valence electrons. The van der Waals surface area contributed by atoms with Crippen molar-refractivity contribution in [3.63, 3.8) is 0 Å². The number of carbonyl (C=O) groups is 1. The zero-order valence-electron chi connectivity index (χ0n) is 16.5. The van der Waals surface area contributed by atoms with E-state index in [2.05, 4.69) is 34.5 Å². The average molecular weight is 391 g/mol. The lowest BCUT2D eigenvalue weighted by molar-refractivity contribution is -0.145. The number of aromatic nitrogens is 2. The van der Waals surface area contributed by atoms with E-state index in [9.17, 15) is 4.79 Å². The number of aliphatic carboxylic acids is 1. The van der Waals surface area contributed by atoms with Gasteiger partial charge in [0.1, 0.15) is 0 Å². The second-order valence-electron chi connectivity index (χ2n) is 7.65. The zero-order valence-corrected chi connectivity index (χ0v) is 16.5. The van der Waals surface area contributed by atoms with Crippen LogP contribution in [0.1, 0.15) is 37.3 Å². The van der Waals surface area contributed by atoms with Gasteiger partial charge in [0.05, 0.1) is 5.92 Å². The standard InChI is InChI=1S/C23H25N3O3/c1-2-3-15-4-10-18(11-5-15)22-25-21(26-29-22)17-8-6-16(7-9-17)14-24-20-12-19(13-20)23(27)28/h4-11,19-20,24H,2-3,12-14H2,1H3,(H,27,28). The Balaban J connectivity index is 1.35. The van der Waals surface area contributed by atoms with Crippen molar-refractivity contribution in [2.24, 2.45) is 5.92 Å². The summed E-state index contributed by atoms with van der Waals surface area (Å²) in [4.78, 5) is 15.4. The molecule has 1 aliphatic carbocycles. The minimum Gasteiger partial charge on any atom is -0.481 e. The Labute approximate surface area is 170 Å². The summed E-state index contributed by atoms with van der Waals surface area (Å²) in [6.45, 7) is 2.89. The molecule has 29 heavy (non-hydrogen) atoms. The van der Waals surface area contributed by atoms with Gasteiger partial charge in [-0.15, -0.1) is 0 Å². The number of rotatable bonds is 8. The van der Waals surface area contributed by atoms with E-state index in [0.717, 1.165) is 36.1 Å². The molecular weight excluding hydrogens is 366 g/mol. The molecule has 0 spiro atoms. The molecule has 0 saturated heterocycles. The Kier molecular flexibility index (Phi) is 5.71. The number of hydrogen-bond acceptors (Lipinski definition) is 5.